The van der Waals surface area contributed by atoms with Gasteiger partial charge >= 0.3 is 0 Å². The van der Waals surface area contributed by atoms with Crippen LogP contribution in [0.2, 0.25) is 0 Å². The van der Waals surface area contributed by atoms with E-state index in [0.717, 1.165) is 38.5 Å². The van der Waals surface area contributed by atoms with Gasteiger partial charge in [0.25, 0.3) is 0 Å². The van der Waals surface area contributed by atoms with Crippen LogP contribution in [0.5, 0.6) is 0 Å². The summed E-state index contributed by atoms with van der Waals surface area (Å²) < 4.78 is 18.6. The molecule has 28 heavy (non-hydrogen) atoms. The molecule has 1 spiro atoms. The Morgan fingerprint density at radius 2 is 1.89 bits per heavy atom. The zero-order chi connectivity index (χ0) is 19.6. The molecule has 5 nitrogen and oxygen atoms in total. The zero-order valence-electron chi connectivity index (χ0n) is 17.2. The van der Waals surface area contributed by atoms with Gasteiger partial charge < -0.3 is 24.4 Å². The van der Waals surface area contributed by atoms with E-state index in [1.165, 1.54) is 19.3 Å². The largest absolute Gasteiger partial charge is 0.392 e. The molecular weight excluding hydrogens is 356 g/mol. The molecule has 0 amide bonds. The first-order chi connectivity index (χ1) is 13.6. The molecular formula is C23H36O5. The molecule has 1 heterocycles. The van der Waals surface area contributed by atoms with Crippen molar-refractivity contribution >= 4 is 0 Å². The van der Waals surface area contributed by atoms with Crippen molar-refractivity contribution in [1.29, 1.82) is 0 Å². The van der Waals surface area contributed by atoms with E-state index in [-0.39, 0.29) is 17.8 Å². The van der Waals surface area contributed by atoms with Crippen LogP contribution in [-0.4, -0.2) is 53.6 Å². The van der Waals surface area contributed by atoms with E-state index in [0.29, 0.717) is 26.2 Å². The van der Waals surface area contributed by atoms with Crippen molar-refractivity contribution in [2.75, 3.05) is 19.8 Å². The lowest BCUT2D eigenvalue weighted by molar-refractivity contribution is -0.387. The molecule has 4 fully saturated rings. The highest BCUT2D eigenvalue weighted by Gasteiger charge is 2.73. The second-order valence-corrected chi connectivity index (χ2v) is 9.12. The lowest BCUT2D eigenvalue weighted by atomic mass is 9.52. The topological polar surface area (TPSA) is 68.2 Å². The number of fused-ring (bicyclic) bond motifs is 2. The van der Waals surface area contributed by atoms with Gasteiger partial charge in [-0.3, -0.25) is 0 Å². The van der Waals surface area contributed by atoms with E-state index in [1.54, 1.807) is 0 Å². The second-order valence-electron chi connectivity index (χ2n) is 9.12. The number of ether oxygens (including phenoxy) is 3. The maximum atomic E-state index is 10.7. The average Bonchev–Trinajstić information content (AvgIpc) is 3.22. The maximum Gasteiger partial charge on any atom is 0.198 e. The van der Waals surface area contributed by atoms with E-state index in [1.807, 2.05) is 0 Å². The number of aliphatic hydroxyl groups excluding tert-OH is 2. The van der Waals surface area contributed by atoms with Crippen LogP contribution in [0.25, 0.3) is 0 Å². The molecule has 2 N–H and O–H groups in total. The maximum absolute atomic E-state index is 10.7. The van der Waals surface area contributed by atoms with E-state index >= 15 is 0 Å². The molecule has 3 aliphatic carbocycles. The lowest BCUT2D eigenvalue weighted by Crippen LogP contribution is -2.75. The SMILES string of the molecule is CCCCO[C@@]12CC[C@H](O)[C@@H](C#C[C@@H](O)C3CCCCC3)[C@@H]1CC21OCCO1. The first-order valence-electron chi connectivity index (χ1n) is 11.4. The summed E-state index contributed by atoms with van der Waals surface area (Å²) in [6.45, 7) is 4.04. The summed E-state index contributed by atoms with van der Waals surface area (Å²) in [5, 5.41) is 21.3. The van der Waals surface area contributed by atoms with Gasteiger partial charge in [0, 0.05) is 18.9 Å². The Balaban J connectivity index is 1.51. The molecule has 3 saturated carbocycles. The van der Waals surface area contributed by atoms with Gasteiger partial charge in [0.15, 0.2) is 5.79 Å². The van der Waals surface area contributed by atoms with Crippen LogP contribution in [-0.2, 0) is 14.2 Å². The van der Waals surface area contributed by atoms with Crippen LogP contribution in [0.1, 0.15) is 71.1 Å². The van der Waals surface area contributed by atoms with Gasteiger partial charge in [-0.1, -0.05) is 44.4 Å². The Morgan fingerprint density at radius 3 is 2.61 bits per heavy atom. The summed E-state index contributed by atoms with van der Waals surface area (Å²) in [7, 11) is 0. The van der Waals surface area contributed by atoms with Crippen molar-refractivity contribution in [1.82, 2.24) is 0 Å². The number of unbranched alkanes of at least 4 members (excludes halogenated alkanes) is 1. The number of rotatable bonds is 5. The third-order valence-corrected chi connectivity index (χ3v) is 7.50. The minimum atomic E-state index is -0.659. The highest BCUT2D eigenvalue weighted by Crippen LogP contribution is 2.62. The summed E-state index contributed by atoms with van der Waals surface area (Å²) in [6.07, 6.45) is 8.86. The van der Waals surface area contributed by atoms with Gasteiger partial charge in [-0.2, -0.15) is 0 Å². The number of hydrogen-bond donors (Lipinski definition) is 2. The molecule has 0 aromatic heterocycles. The molecule has 1 aliphatic heterocycles. The smallest absolute Gasteiger partial charge is 0.198 e. The highest BCUT2D eigenvalue weighted by molar-refractivity contribution is 5.25. The Kier molecular flexibility index (Phi) is 6.35. The van der Waals surface area contributed by atoms with Gasteiger partial charge in [0.1, 0.15) is 11.7 Å². The monoisotopic (exact) mass is 392 g/mol. The summed E-state index contributed by atoms with van der Waals surface area (Å²) in [5.74, 6) is 5.92. The molecule has 0 aromatic carbocycles. The van der Waals surface area contributed by atoms with Crippen molar-refractivity contribution < 1.29 is 24.4 Å². The Bertz CT molecular complexity index is 584. The minimum Gasteiger partial charge on any atom is -0.392 e. The van der Waals surface area contributed by atoms with E-state index < -0.39 is 23.6 Å². The van der Waals surface area contributed by atoms with E-state index in [9.17, 15) is 10.2 Å². The van der Waals surface area contributed by atoms with Crippen LogP contribution >= 0.6 is 0 Å². The first kappa shape index (κ1) is 20.6. The second kappa shape index (κ2) is 8.62. The van der Waals surface area contributed by atoms with Gasteiger partial charge in [-0.15, -0.1) is 0 Å². The first-order valence-corrected chi connectivity index (χ1v) is 11.4. The van der Waals surface area contributed by atoms with E-state index in [2.05, 4.69) is 18.8 Å². The van der Waals surface area contributed by atoms with Crippen LogP contribution in [0, 0.1) is 29.6 Å². The quantitative estimate of drug-likeness (QED) is 0.556. The van der Waals surface area contributed by atoms with Gasteiger partial charge in [-0.05, 0) is 38.0 Å². The van der Waals surface area contributed by atoms with Gasteiger partial charge in [0.2, 0.25) is 0 Å². The fourth-order valence-corrected chi connectivity index (χ4v) is 5.83. The molecule has 5 heteroatoms. The molecule has 5 atom stereocenters. The zero-order valence-corrected chi connectivity index (χ0v) is 17.2. The van der Waals surface area contributed by atoms with Crippen molar-refractivity contribution in [3.05, 3.63) is 0 Å². The number of hydrogen-bond acceptors (Lipinski definition) is 5. The third kappa shape index (κ3) is 3.52. The molecule has 0 aromatic rings. The molecule has 1 saturated heterocycles. The highest BCUT2D eigenvalue weighted by atomic mass is 16.8. The predicted molar refractivity (Wildman–Crippen MR) is 105 cm³/mol. The van der Waals surface area contributed by atoms with Crippen molar-refractivity contribution in [3.8, 4) is 11.8 Å². The fraction of sp³-hybridized carbons (Fsp3) is 0.913. The van der Waals surface area contributed by atoms with Crippen molar-refractivity contribution in [3.63, 3.8) is 0 Å². The molecule has 4 rings (SSSR count). The predicted octanol–water partition coefficient (Wildman–Crippen LogP) is 3.02. The fourth-order valence-electron chi connectivity index (χ4n) is 5.83. The molecule has 158 valence electrons. The van der Waals surface area contributed by atoms with Crippen LogP contribution in [0.15, 0.2) is 0 Å². The summed E-state index contributed by atoms with van der Waals surface area (Å²) in [6, 6.07) is 0. The van der Waals surface area contributed by atoms with Crippen LogP contribution in [0.4, 0.5) is 0 Å². The molecule has 0 bridgehead atoms. The number of aliphatic hydroxyl groups is 2. The molecule has 4 aliphatic rings. The standard InChI is InChI=1S/C23H36O5/c1-2-3-13-26-22-12-11-21(25)18(19(22)16-23(22)27-14-15-28-23)9-10-20(24)17-7-5-4-6-8-17/h17-21,24-25H,2-8,11-16H2,1H3/t18-,19-,20+,21-,22-/m0/s1. The summed E-state index contributed by atoms with van der Waals surface area (Å²) in [5.41, 5.74) is -0.507. The van der Waals surface area contributed by atoms with Gasteiger partial charge in [-0.25, -0.2) is 0 Å². The Hall–Kier alpha value is -0.640. The van der Waals surface area contributed by atoms with Crippen LogP contribution in [0.3, 0.4) is 0 Å². The van der Waals surface area contributed by atoms with Crippen molar-refractivity contribution in [2.24, 2.45) is 17.8 Å². The Labute approximate surface area is 169 Å². The Morgan fingerprint density at radius 1 is 1.14 bits per heavy atom. The third-order valence-electron chi connectivity index (χ3n) is 7.50. The van der Waals surface area contributed by atoms with Crippen molar-refractivity contribution in [2.45, 2.75) is 94.7 Å². The van der Waals surface area contributed by atoms with Crippen LogP contribution < -0.4 is 0 Å². The normalized spacial score (nSPS) is 38.3. The molecule has 0 unspecified atom stereocenters. The molecule has 0 radical (unpaired) electrons. The summed E-state index contributed by atoms with van der Waals surface area (Å²) >= 11 is 0. The van der Waals surface area contributed by atoms with Gasteiger partial charge in [0.05, 0.1) is 25.2 Å². The van der Waals surface area contributed by atoms with E-state index in [4.69, 9.17) is 14.2 Å². The summed E-state index contributed by atoms with van der Waals surface area (Å²) in [4.78, 5) is 0. The minimum absolute atomic E-state index is 0.0947. The average molecular weight is 393 g/mol. The lowest BCUT2D eigenvalue weighted by Gasteiger charge is -2.64.